The lowest BCUT2D eigenvalue weighted by Gasteiger charge is -2.20. The van der Waals surface area contributed by atoms with Gasteiger partial charge in [0.25, 0.3) is 5.56 Å². The van der Waals surface area contributed by atoms with Gasteiger partial charge in [0.1, 0.15) is 6.54 Å². The largest absolute Gasteiger partial charge is 0.378 e. The van der Waals surface area contributed by atoms with Gasteiger partial charge in [0.2, 0.25) is 5.91 Å². The third-order valence-electron chi connectivity index (χ3n) is 4.18. The molecule has 8 heteroatoms. The molecule has 1 aromatic rings. The normalized spacial score (nSPS) is 21.8. The van der Waals surface area contributed by atoms with Gasteiger partial charge < -0.3 is 10.1 Å². The van der Waals surface area contributed by atoms with Crippen LogP contribution in [0.1, 0.15) is 19.4 Å². The summed E-state index contributed by atoms with van der Waals surface area (Å²) in [7, 11) is 1.63. The summed E-state index contributed by atoms with van der Waals surface area (Å²) < 4.78 is 6.64. The molecule has 1 aliphatic heterocycles. The Hall–Kier alpha value is -1.93. The highest BCUT2D eigenvalue weighted by atomic mass is 16.5. The fourth-order valence-electron chi connectivity index (χ4n) is 2.75. The molecule has 0 unspecified atom stereocenters. The second-order valence-corrected chi connectivity index (χ2v) is 6.20. The summed E-state index contributed by atoms with van der Waals surface area (Å²) in [6, 6.07) is 0.258. The number of ether oxygens (including phenoxy) is 1. The number of H-pyrrole nitrogens is 1. The molecule has 1 fully saturated rings. The van der Waals surface area contributed by atoms with Crippen LogP contribution in [0.4, 0.5) is 0 Å². The Kier molecular flexibility index (Phi) is 5.38. The first-order chi connectivity index (χ1) is 10.8. The molecule has 0 radical (unpaired) electrons. The highest BCUT2D eigenvalue weighted by Gasteiger charge is 2.34. The molecule has 1 aliphatic rings. The lowest BCUT2D eigenvalue weighted by atomic mass is 10.2. The van der Waals surface area contributed by atoms with E-state index in [0.717, 1.165) is 6.54 Å². The molecule has 0 spiro atoms. The van der Waals surface area contributed by atoms with Gasteiger partial charge in [-0.1, -0.05) is 0 Å². The van der Waals surface area contributed by atoms with Crippen molar-refractivity contribution in [1.29, 1.82) is 0 Å². The summed E-state index contributed by atoms with van der Waals surface area (Å²) in [6.45, 7) is 7.12. The Balaban J connectivity index is 2.03. The van der Waals surface area contributed by atoms with E-state index in [9.17, 15) is 14.4 Å². The number of carbonyl (C=O) groups is 1. The number of nitrogens with one attached hydrogen (secondary N) is 2. The Morgan fingerprint density at radius 2 is 2.13 bits per heavy atom. The van der Waals surface area contributed by atoms with Gasteiger partial charge in [0.05, 0.1) is 12.1 Å². The Bertz CT molecular complexity index is 679. The molecule has 0 saturated carbocycles. The second-order valence-electron chi connectivity index (χ2n) is 6.20. The number of carbonyl (C=O) groups excluding carboxylic acids is 1. The minimum atomic E-state index is -0.589. The van der Waals surface area contributed by atoms with Gasteiger partial charge in [-0.3, -0.25) is 24.0 Å². The fourth-order valence-corrected chi connectivity index (χ4v) is 2.75. The molecule has 0 bridgehead atoms. The van der Waals surface area contributed by atoms with E-state index in [0.29, 0.717) is 18.2 Å². The number of aromatic nitrogens is 2. The van der Waals surface area contributed by atoms with E-state index >= 15 is 0 Å². The molecular formula is C15H24N4O4. The SMILES string of the molecule is CO[C@H]1CN(C(C)C)C[C@@H]1NC(=O)Cn1cc(C)c(=O)[nH]c1=O. The number of aryl methyl sites for hydroxylation is 1. The molecule has 8 nitrogen and oxygen atoms in total. The summed E-state index contributed by atoms with van der Waals surface area (Å²) in [4.78, 5) is 39.7. The van der Waals surface area contributed by atoms with Crippen molar-refractivity contribution in [3.63, 3.8) is 0 Å². The first kappa shape index (κ1) is 17.4. The van der Waals surface area contributed by atoms with E-state index in [2.05, 4.69) is 29.0 Å². The van der Waals surface area contributed by atoms with Crippen LogP contribution in [0.5, 0.6) is 0 Å². The molecule has 2 atom stereocenters. The van der Waals surface area contributed by atoms with Gasteiger partial charge in [0, 0.05) is 38.0 Å². The van der Waals surface area contributed by atoms with E-state index in [1.54, 1.807) is 14.0 Å². The Morgan fingerprint density at radius 3 is 2.74 bits per heavy atom. The van der Waals surface area contributed by atoms with Crippen molar-refractivity contribution in [2.75, 3.05) is 20.2 Å². The van der Waals surface area contributed by atoms with Crippen LogP contribution >= 0.6 is 0 Å². The predicted octanol–water partition coefficient (Wildman–Crippen LogP) is -0.931. The van der Waals surface area contributed by atoms with E-state index < -0.39 is 11.2 Å². The highest BCUT2D eigenvalue weighted by molar-refractivity contribution is 5.76. The number of nitrogens with zero attached hydrogens (tertiary/aromatic N) is 2. The van der Waals surface area contributed by atoms with Crippen LogP contribution in [0.25, 0.3) is 0 Å². The number of rotatable bonds is 5. The molecule has 1 amide bonds. The van der Waals surface area contributed by atoms with Gasteiger partial charge in [-0.25, -0.2) is 4.79 Å². The lowest BCUT2D eigenvalue weighted by Crippen LogP contribution is -2.46. The van der Waals surface area contributed by atoms with Crippen LogP contribution < -0.4 is 16.6 Å². The van der Waals surface area contributed by atoms with Crippen molar-refractivity contribution in [1.82, 2.24) is 19.8 Å². The van der Waals surface area contributed by atoms with E-state index in [-0.39, 0.29) is 24.6 Å². The molecule has 0 aromatic carbocycles. The van der Waals surface area contributed by atoms with Gasteiger partial charge >= 0.3 is 5.69 Å². The third-order valence-corrected chi connectivity index (χ3v) is 4.18. The van der Waals surface area contributed by atoms with Crippen molar-refractivity contribution in [2.24, 2.45) is 0 Å². The zero-order valence-electron chi connectivity index (χ0n) is 14.0. The van der Waals surface area contributed by atoms with Crippen molar-refractivity contribution < 1.29 is 9.53 Å². The first-order valence-electron chi connectivity index (χ1n) is 7.68. The maximum Gasteiger partial charge on any atom is 0.328 e. The summed E-state index contributed by atoms with van der Waals surface area (Å²) in [5, 5.41) is 2.92. The number of hydrogen-bond donors (Lipinski definition) is 2. The number of aromatic amines is 1. The van der Waals surface area contributed by atoms with Gasteiger partial charge in [-0.05, 0) is 20.8 Å². The smallest absolute Gasteiger partial charge is 0.328 e. The molecule has 23 heavy (non-hydrogen) atoms. The second kappa shape index (κ2) is 7.10. The molecule has 1 aromatic heterocycles. The van der Waals surface area contributed by atoms with Crippen LogP contribution in [0.15, 0.2) is 15.8 Å². The number of amides is 1. The molecule has 2 N–H and O–H groups in total. The van der Waals surface area contributed by atoms with E-state index in [1.165, 1.54) is 10.8 Å². The van der Waals surface area contributed by atoms with Crippen molar-refractivity contribution in [3.8, 4) is 0 Å². The standard InChI is InChI=1S/C15H24N4O4/c1-9(2)18-6-11(12(7-18)23-4)16-13(20)8-19-5-10(3)14(21)17-15(19)22/h5,9,11-12H,6-8H2,1-4H3,(H,16,20)(H,17,21,22)/t11-,12-/m0/s1. The number of likely N-dealkylation sites (tertiary alicyclic amines) is 1. The lowest BCUT2D eigenvalue weighted by molar-refractivity contribution is -0.123. The van der Waals surface area contributed by atoms with Crippen LogP contribution in [0, 0.1) is 6.92 Å². The van der Waals surface area contributed by atoms with Gasteiger partial charge in [0.15, 0.2) is 0 Å². The Morgan fingerprint density at radius 1 is 1.43 bits per heavy atom. The summed E-state index contributed by atoms with van der Waals surface area (Å²) in [5.41, 5.74) is -0.636. The maximum absolute atomic E-state index is 12.2. The van der Waals surface area contributed by atoms with Gasteiger partial charge in [-0.15, -0.1) is 0 Å². The first-order valence-corrected chi connectivity index (χ1v) is 7.68. The Labute approximate surface area is 134 Å². The minimum absolute atomic E-state index is 0.0737. The third kappa shape index (κ3) is 4.08. The van der Waals surface area contributed by atoms with E-state index in [4.69, 9.17) is 4.74 Å². The molecule has 2 rings (SSSR count). The molecular weight excluding hydrogens is 300 g/mol. The van der Waals surface area contributed by atoms with Crippen LogP contribution in [-0.4, -0.2) is 58.7 Å². The van der Waals surface area contributed by atoms with Crippen LogP contribution in [0.3, 0.4) is 0 Å². The maximum atomic E-state index is 12.2. The molecule has 1 saturated heterocycles. The van der Waals surface area contributed by atoms with Crippen LogP contribution in [0.2, 0.25) is 0 Å². The van der Waals surface area contributed by atoms with Crippen molar-refractivity contribution in [2.45, 2.75) is 45.5 Å². The average molecular weight is 324 g/mol. The zero-order chi connectivity index (χ0) is 17.1. The summed E-state index contributed by atoms with van der Waals surface area (Å²) in [5.74, 6) is -0.281. The fraction of sp³-hybridized carbons (Fsp3) is 0.667. The zero-order valence-corrected chi connectivity index (χ0v) is 14.0. The number of hydrogen-bond acceptors (Lipinski definition) is 5. The molecule has 128 valence electrons. The van der Waals surface area contributed by atoms with Crippen LogP contribution in [-0.2, 0) is 16.1 Å². The van der Waals surface area contributed by atoms with Crippen molar-refractivity contribution in [3.05, 3.63) is 32.6 Å². The molecule has 0 aliphatic carbocycles. The quantitative estimate of drug-likeness (QED) is 0.729. The average Bonchev–Trinajstić information content (AvgIpc) is 2.88. The van der Waals surface area contributed by atoms with Crippen molar-refractivity contribution >= 4 is 5.91 Å². The summed E-state index contributed by atoms with van der Waals surface area (Å²) in [6.07, 6.45) is 1.32. The highest BCUT2D eigenvalue weighted by Crippen LogP contribution is 2.15. The van der Waals surface area contributed by atoms with E-state index in [1.807, 2.05) is 0 Å². The summed E-state index contributed by atoms with van der Waals surface area (Å²) >= 11 is 0. The van der Waals surface area contributed by atoms with Gasteiger partial charge in [-0.2, -0.15) is 0 Å². The minimum Gasteiger partial charge on any atom is -0.378 e. The number of methoxy groups -OCH3 is 1. The topological polar surface area (TPSA) is 96.4 Å². The monoisotopic (exact) mass is 324 g/mol. The predicted molar refractivity (Wildman–Crippen MR) is 85.5 cm³/mol. The molecule has 2 heterocycles.